The summed E-state index contributed by atoms with van der Waals surface area (Å²) in [6.07, 6.45) is 0. The molecule has 0 aliphatic carbocycles. The summed E-state index contributed by atoms with van der Waals surface area (Å²) in [4.78, 5) is 1.26. The van der Waals surface area contributed by atoms with Gasteiger partial charge in [0, 0.05) is 18.7 Å². The van der Waals surface area contributed by atoms with Crippen LogP contribution in [0.5, 0.6) is 11.5 Å². The van der Waals surface area contributed by atoms with E-state index in [4.69, 9.17) is 21.7 Å². The average molecular weight is 341 g/mol. The summed E-state index contributed by atoms with van der Waals surface area (Å²) in [5, 5.41) is 8.28. The van der Waals surface area contributed by atoms with Gasteiger partial charge in [-0.05, 0) is 24.4 Å². The lowest BCUT2D eigenvalue weighted by Crippen LogP contribution is -3.07. The van der Waals surface area contributed by atoms with Gasteiger partial charge in [-0.1, -0.05) is 11.3 Å². The summed E-state index contributed by atoms with van der Waals surface area (Å²) in [6.45, 7) is 1.51. The number of anilines is 1. The Kier molecular flexibility index (Phi) is 5.76. The van der Waals surface area contributed by atoms with Crippen molar-refractivity contribution in [1.82, 2.24) is 9.78 Å². The van der Waals surface area contributed by atoms with Crippen LogP contribution in [0, 0.1) is 3.95 Å². The van der Waals surface area contributed by atoms with E-state index in [0.29, 0.717) is 6.67 Å². The van der Waals surface area contributed by atoms with E-state index in [9.17, 15) is 0 Å². The predicted octanol–water partition coefficient (Wildman–Crippen LogP) is 1.41. The van der Waals surface area contributed by atoms with Crippen LogP contribution in [0.2, 0.25) is 0 Å². The first-order valence-electron chi connectivity index (χ1n) is 6.85. The van der Waals surface area contributed by atoms with E-state index in [1.165, 1.54) is 16.2 Å². The number of benzene rings is 1. The quantitative estimate of drug-likeness (QED) is 0.746. The van der Waals surface area contributed by atoms with E-state index in [1.807, 2.05) is 29.9 Å². The summed E-state index contributed by atoms with van der Waals surface area (Å²) in [5.74, 6) is 1.62. The van der Waals surface area contributed by atoms with Crippen molar-refractivity contribution in [3.63, 3.8) is 0 Å². The molecule has 0 radical (unpaired) electrons. The van der Waals surface area contributed by atoms with Crippen molar-refractivity contribution < 1.29 is 14.4 Å². The molecule has 0 spiro atoms. The molecule has 2 aromatic rings. The molecule has 120 valence electrons. The first kappa shape index (κ1) is 16.7. The fraction of sp³-hybridized carbons (Fsp3) is 0.429. The minimum absolute atomic E-state index is 0.701. The zero-order valence-electron chi connectivity index (χ0n) is 13.2. The summed E-state index contributed by atoms with van der Waals surface area (Å²) >= 11 is 6.80. The van der Waals surface area contributed by atoms with Gasteiger partial charge in [0.05, 0.1) is 21.3 Å². The molecule has 2 N–H and O–H groups in total. The number of methoxy groups -OCH3 is 2. The molecule has 0 fully saturated rings. The SMILES string of the molecule is CNc1nn(C[NH+](C)Cc2ccc(OC)cc2OC)c(=S)s1. The molecule has 0 bridgehead atoms. The fourth-order valence-corrected chi connectivity index (χ4v) is 3.10. The minimum atomic E-state index is 0.701. The van der Waals surface area contributed by atoms with Gasteiger partial charge in [-0.3, -0.25) is 0 Å². The van der Waals surface area contributed by atoms with Crippen molar-refractivity contribution in [2.24, 2.45) is 0 Å². The Morgan fingerprint density at radius 3 is 2.73 bits per heavy atom. The lowest BCUT2D eigenvalue weighted by molar-refractivity contribution is -0.917. The average Bonchev–Trinajstić information content (AvgIpc) is 2.87. The molecule has 0 amide bonds. The number of nitrogens with zero attached hydrogens (tertiary/aromatic N) is 2. The summed E-state index contributed by atoms with van der Waals surface area (Å²) in [7, 11) is 7.26. The van der Waals surface area contributed by atoms with Gasteiger partial charge in [-0.25, -0.2) is 0 Å². The first-order chi connectivity index (χ1) is 10.6. The second-order valence-electron chi connectivity index (χ2n) is 4.89. The fourth-order valence-electron chi connectivity index (χ4n) is 2.14. The number of nitrogens with one attached hydrogen (secondary N) is 2. The van der Waals surface area contributed by atoms with Crippen LogP contribution in [0.1, 0.15) is 5.56 Å². The monoisotopic (exact) mass is 341 g/mol. The van der Waals surface area contributed by atoms with Crippen LogP contribution in [0.3, 0.4) is 0 Å². The van der Waals surface area contributed by atoms with Gasteiger partial charge >= 0.3 is 0 Å². The zero-order chi connectivity index (χ0) is 16.1. The third-order valence-electron chi connectivity index (χ3n) is 3.23. The Labute approximate surface area is 139 Å². The third-order valence-corrected chi connectivity index (χ3v) is 4.55. The lowest BCUT2D eigenvalue weighted by Gasteiger charge is -2.16. The molecule has 1 atom stereocenters. The van der Waals surface area contributed by atoms with Crippen LogP contribution >= 0.6 is 23.6 Å². The Hall–Kier alpha value is -1.64. The smallest absolute Gasteiger partial charge is 0.204 e. The molecule has 0 saturated carbocycles. The van der Waals surface area contributed by atoms with Gasteiger partial charge in [0.15, 0.2) is 10.6 Å². The van der Waals surface area contributed by atoms with Crippen LogP contribution in [0.4, 0.5) is 5.13 Å². The predicted molar refractivity (Wildman–Crippen MR) is 90.6 cm³/mol. The van der Waals surface area contributed by atoms with E-state index >= 15 is 0 Å². The van der Waals surface area contributed by atoms with E-state index in [0.717, 1.165) is 32.7 Å². The number of rotatable bonds is 7. The Bertz CT molecular complexity index is 684. The number of ether oxygens (including phenoxy) is 2. The summed E-state index contributed by atoms with van der Waals surface area (Å²) in [6, 6.07) is 5.87. The van der Waals surface area contributed by atoms with E-state index in [1.54, 1.807) is 14.2 Å². The third kappa shape index (κ3) is 3.96. The lowest BCUT2D eigenvalue weighted by atomic mass is 10.2. The number of aromatic nitrogens is 2. The maximum Gasteiger partial charge on any atom is 0.204 e. The molecule has 0 aliphatic heterocycles. The normalized spacial score (nSPS) is 12.0. The Morgan fingerprint density at radius 2 is 2.14 bits per heavy atom. The number of hydrogen-bond donors (Lipinski definition) is 2. The molecule has 0 saturated heterocycles. The molecular weight excluding hydrogens is 320 g/mol. The zero-order valence-corrected chi connectivity index (χ0v) is 14.8. The van der Waals surface area contributed by atoms with Crippen molar-refractivity contribution in [1.29, 1.82) is 0 Å². The van der Waals surface area contributed by atoms with Gasteiger partial charge < -0.3 is 19.7 Å². The van der Waals surface area contributed by atoms with Crippen molar-refractivity contribution >= 4 is 28.7 Å². The van der Waals surface area contributed by atoms with Crippen LogP contribution < -0.4 is 19.7 Å². The standard InChI is InChI=1S/C14H20N4O2S2/c1-15-13-16-18(14(21)22-13)9-17(2)8-10-5-6-11(19-3)7-12(10)20-4/h5-7H,8-9H2,1-4H3,(H,15,16)/p+1. The van der Waals surface area contributed by atoms with Crippen molar-refractivity contribution in [3.8, 4) is 11.5 Å². The molecule has 8 heteroatoms. The van der Waals surface area contributed by atoms with Gasteiger partial charge in [0.1, 0.15) is 18.0 Å². The van der Waals surface area contributed by atoms with Gasteiger partial charge in [0.2, 0.25) is 5.13 Å². The molecule has 1 unspecified atom stereocenters. The Morgan fingerprint density at radius 1 is 1.36 bits per heavy atom. The maximum atomic E-state index is 5.44. The van der Waals surface area contributed by atoms with E-state index in [2.05, 4.69) is 17.5 Å². The van der Waals surface area contributed by atoms with Gasteiger partial charge in [-0.15, -0.1) is 5.10 Å². The second-order valence-corrected chi connectivity index (χ2v) is 6.52. The Balaban J connectivity index is 2.09. The number of quaternary nitrogens is 1. The highest BCUT2D eigenvalue weighted by Gasteiger charge is 2.12. The van der Waals surface area contributed by atoms with Crippen LogP contribution in [-0.4, -0.2) is 38.1 Å². The maximum absolute atomic E-state index is 5.44. The molecular formula is C14H21N4O2S2+. The highest BCUT2D eigenvalue weighted by atomic mass is 32.1. The second kappa shape index (κ2) is 7.57. The topological polar surface area (TPSA) is 52.8 Å². The van der Waals surface area contributed by atoms with E-state index < -0.39 is 0 Å². The molecule has 22 heavy (non-hydrogen) atoms. The summed E-state index contributed by atoms with van der Waals surface area (Å²) in [5.41, 5.74) is 1.12. The number of hydrogen-bond acceptors (Lipinski definition) is 6. The largest absolute Gasteiger partial charge is 0.497 e. The van der Waals surface area contributed by atoms with Crippen LogP contribution in [0.25, 0.3) is 0 Å². The van der Waals surface area contributed by atoms with Crippen molar-refractivity contribution in [2.75, 3.05) is 33.6 Å². The van der Waals surface area contributed by atoms with Crippen molar-refractivity contribution in [2.45, 2.75) is 13.2 Å². The molecule has 1 aromatic heterocycles. The van der Waals surface area contributed by atoms with E-state index in [-0.39, 0.29) is 0 Å². The highest BCUT2D eigenvalue weighted by molar-refractivity contribution is 7.73. The summed E-state index contributed by atoms with van der Waals surface area (Å²) < 4.78 is 13.3. The van der Waals surface area contributed by atoms with Crippen LogP contribution in [-0.2, 0) is 13.2 Å². The molecule has 1 aromatic carbocycles. The first-order valence-corrected chi connectivity index (χ1v) is 8.07. The van der Waals surface area contributed by atoms with Gasteiger partial charge in [-0.2, -0.15) is 4.68 Å². The molecule has 2 rings (SSSR count). The minimum Gasteiger partial charge on any atom is -0.497 e. The molecule has 0 aliphatic rings. The molecule has 6 nitrogen and oxygen atoms in total. The molecule has 1 heterocycles. The van der Waals surface area contributed by atoms with Crippen molar-refractivity contribution in [3.05, 3.63) is 27.7 Å². The highest BCUT2D eigenvalue weighted by Crippen LogP contribution is 2.23. The van der Waals surface area contributed by atoms with Crippen LogP contribution in [0.15, 0.2) is 18.2 Å². The van der Waals surface area contributed by atoms with Gasteiger partial charge in [0.25, 0.3) is 0 Å².